The molecule has 0 radical (unpaired) electrons. The van der Waals surface area contributed by atoms with Gasteiger partial charge in [0.05, 0.1) is 16.6 Å². The second-order valence-corrected chi connectivity index (χ2v) is 6.71. The maximum absolute atomic E-state index is 11.6. The molecule has 3 N–H and O–H groups in total. The molecule has 0 aliphatic carbocycles. The molecular weight excluding hydrogens is 370 g/mol. The standard InChI is InChI=1S/C13H9N5O7S/c1-26(23,24)13-16-10(15)9(18(21)22)11(17-13)25-8-4-6(5-14)2-3-7(8)12(19)20/h2-4H,1H3,(H,19,20)(H2,15,16,17). The molecule has 26 heavy (non-hydrogen) atoms. The Morgan fingerprint density at radius 3 is 2.58 bits per heavy atom. The number of nitro groups is 1. The van der Waals surface area contributed by atoms with E-state index in [0.29, 0.717) is 0 Å². The number of aromatic nitrogens is 2. The number of anilines is 1. The van der Waals surface area contributed by atoms with Gasteiger partial charge in [0.15, 0.2) is 0 Å². The Balaban J connectivity index is 2.73. The Morgan fingerprint density at radius 1 is 1.42 bits per heavy atom. The Labute approximate surface area is 145 Å². The highest BCUT2D eigenvalue weighted by molar-refractivity contribution is 7.90. The van der Waals surface area contributed by atoms with Crippen molar-refractivity contribution in [1.29, 1.82) is 5.26 Å². The second-order valence-electron chi connectivity index (χ2n) is 4.80. The van der Waals surface area contributed by atoms with Gasteiger partial charge in [-0.3, -0.25) is 10.1 Å². The molecule has 2 aromatic rings. The van der Waals surface area contributed by atoms with E-state index in [1.165, 1.54) is 6.07 Å². The first-order valence-corrected chi connectivity index (χ1v) is 8.41. The molecular formula is C13H9N5O7S. The van der Waals surface area contributed by atoms with Gasteiger partial charge in [-0.05, 0) is 18.2 Å². The van der Waals surface area contributed by atoms with Crippen LogP contribution in [-0.2, 0) is 9.84 Å². The molecule has 2 rings (SSSR count). The summed E-state index contributed by atoms with van der Waals surface area (Å²) in [5.74, 6) is -3.57. The van der Waals surface area contributed by atoms with E-state index in [2.05, 4.69) is 9.97 Å². The normalized spacial score (nSPS) is 10.8. The van der Waals surface area contributed by atoms with Gasteiger partial charge in [-0.1, -0.05) is 0 Å². The third-order valence-electron chi connectivity index (χ3n) is 2.92. The summed E-state index contributed by atoms with van der Waals surface area (Å²) in [5, 5.41) is 28.4. The number of hydrogen-bond donors (Lipinski definition) is 2. The van der Waals surface area contributed by atoms with Crippen LogP contribution < -0.4 is 10.5 Å². The fraction of sp³-hybridized carbons (Fsp3) is 0.0769. The molecule has 0 atom stereocenters. The van der Waals surface area contributed by atoms with Gasteiger partial charge in [-0.25, -0.2) is 13.2 Å². The number of rotatable bonds is 5. The number of carbonyl (C=O) groups is 1. The molecule has 13 heteroatoms. The summed E-state index contributed by atoms with van der Waals surface area (Å²) < 4.78 is 28.4. The Morgan fingerprint density at radius 2 is 2.08 bits per heavy atom. The molecule has 1 aromatic heterocycles. The number of benzene rings is 1. The summed E-state index contributed by atoms with van der Waals surface area (Å²) in [5.41, 5.74) is 4.04. The lowest BCUT2D eigenvalue weighted by atomic mass is 10.1. The van der Waals surface area contributed by atoms with Gasteiger partial charge in [0.2, 0.25) is 15.7 Å². The smallest absolute Gasteiger partial charge is 0.373 e. The van der Waals surface area contributed by atoms with E-state index in [-0.39, 0.29) is 5.56 Å². The highest BCUT2D eigenvalue weighted by atomic mass is 32.2. The van der Waals surface area contributed by atoms with Crippen LogP contribution in [0.2, 0.25) is 0 Å². The molecule has 0 spiro atoms. The molecule has 0 bridgehead atoms. The van der Waals surface area contributed by atoms with Gasteiger partial charge in [-0.15, -0.1) is 0 Å². The predicted octanol–water partition coefficient (Wildman–Crippen LogP) is 0.733. The van der Waals surface area contributed by atoms with Gasteiger partial charge in [-0.2, -0.15) is 15.2 Å². The first-order chi connectivity index (χ1) is 12.0. The number of hydrogen-bond acceptors (Lipinski definition) is 10. The number of nitrogen functional groups attached to an aromatic ring is 1. The van der Waals surface area contributed by atoms with E-state index in [1.54, 1.807) is 6.07 Å². The monoisotopic (exact) mass is 379 g/mol. The molecule has 0 aliphatic heterocycles. The van der Waals surface area contributed by atoms with E-state index in [4.69, 9.17) is 15.7 Å². The zero-order chi connectivity index (χ0) is 19.6. The van der Waals surface area contributed by atoms with Crippen molar-refractivity contribution in [3.05, 3.63) is 39.4 Å². The number of carboxylic acids is 1. The average molecular weight is 379 g/mol. The van der Waals surface area contributed by atoms with Crippen molar-refractivity contribution in [2.75, 3.05) is 12.0 Å². The van der Waals surface area contributed by atoms with Crippen LogP contribution in [0.3, 0.4) is 0 Å². The zero-order valence-corrected chi connectivity index (χ0v) is 13.7. The molecule has 0 amide bonds. The number of nitrogens with two attached hydrogens (primary N) is 1. The Kier molecular flexibility index (Phi) is 4.71. The zero-order valence-electron chi connectivity index (χ0n) is 12.9. The quantitative estimate of drug-likeness (QED) is 0.421. The lowest BCUT2D eigenvalue weighted by molar-refractivity contribution is -0.385. The summed E-state index contributed by atoms with van der Waals surface area (Å²) in [7, 11) is -4.00. The van der Waals surface area contributed by atoms with Crippen LogP contribution in [-0.4, -0.2) is 40.6 Å². The fourth-order valence-electron chi connectivity index (χ4n) is 1.80. The van der Waals surface area contributed by atoms with E-state index in [9.17, 15) is 28.4 Å². The number of nitriles is 1. The summed E-state index contributed by atoms with van der Waals surface area (Å²) in [4.78, 5) is 28.3. The largest absolute Gasteiger partial charge is 0.478 e. The second kappa shape index (κ2) is 6.61. The first-order valence-electron chi connectivity index (χ1n) is 6.52. The molecule has 0 fully saturated rings. The summed E-state index contributed by atoms with van der Waals surface area (Å²) in [6.45, 7) is 0. The summed E-state index contributed by atoms with van der Waals surface area (Å²) >= 11 is 0. The molecule has 12 nitrogen and oxygen atoms in total. The van der Waals surface area contributed by atoms with Crippen molar-refractivity contribution in [2.45, 2.75) is 5.16 Å². The predicted molar refractivity (Wildman–Crippen MR) is 84.4 cm³/mol. The average Bonchev–Trinajstić information content (AvgIpc) is 2.52. The van der Waals surface area contributed by atoms with Crippen LogP contribution in [0.5, 0.6) is 11.6 Å². The van der Waals surface area contributed by atoms with Gasteiger partial charge in [0, 0.05) is 6.26 Å². The molecule has 1 aromatic carbocycles. The van der Waals surface area contributed by atoms with E-state index < -0.39 is 54.6 Å². The van der Waals surface area contributed by atoms with Crippen LogP contribution in [0, 0.1) is 21.4 Å². The van der Waals surface area contributed by atoms with Crippen LogP contribution in [0.15, 0.2) is 23.4 Å². The molecule has 1 heterocycles. The van der Waals surface area contributed by atoms with Crippen LogP contribution in [0.25, 0.3) is 0 Å². The van der Waals surface area contributed by atoms with E-state index in [0.717, 1.165) is 18.4 Å². The number of aromatic carboxylic acids is 1. The minimum absolute atomic E-state index is 0.00184. The maximum atomic E-state index is 11.6. The van der Waals surface area contributed by atoms with Crippen molar-refractivity contribution in [2.24, 2.45) is 0 Å². The first kappa shape index (κ1) is 18.5. The lowest BCUT2D eigenvalue weighted by Crippen LogP contribution is -2.11. The summed E-state index contributed by atoms with van der Waals surface area (Å²) in [6, 6.07) is 4.99. The highest BCUT2D eigenvalue weighted by Gasteiger charge is 2.29. The minimum Gasteiger partial charge on any atom is -0.478 e. The van der Waals surface area contributed by atoms with Crippen molar-refractivity contribution >= 4 is 27.3 Å². The van der Waals surface area contributed by atoms with Crippen LogP contribution in [0.1, 0.15) is 15.9 Å². The minimum atomic E-state index is -4.00. The van der Waals surface area contributed by atoms with E-state index >= 15 is 0 Å². The Bertz CT molecular complexity index is 1080. The maximum Gasteiger partial charge on any atom is 0.373 e. The topological polar surface area (TPSA) is 199 Å². The number of carboxylic acid groups (broad SMARTS) is 1. The van der Waals surface area contributed by atoms with Crippen molar-refractivity contribution in [3.8, 4) is 17.7 Å². The number of ether oxygens (including phenoxy) is 1. The highest BCUT2D eigenvalue weighted by Crippen LogP contribution is 2.35. The molecule has 0 saturated carbocycles. The number of nitrogens with zero attached hydrogens (tertiary/aromatic N) is 4. The van der Waals surface area contributed by atoms with Gasteiger partial charge < -0.3 is 15.6 Å². The SMILES string of the molecule is CS(=O)(=O)c1nc(N)c([N+](=O)[O-])c(Oc2cc(C#N)ccc2C(=O)O)n1. The van der Waals surface area contributed by atoms with Crippen molar-refractivity contribution in [3.63, 3.8) is 0 Å². The fourth-order valence-corrected chi connectivity index (χ4v) is 2.31. The van der Waals surface area contributed by atoms with Crippen LogP contribution in [0.4, 0.5) is 11.5 Å². The van der Waals surface area contributed by atoms with Crippen molar-refractivity contribution < 1.29 is 28.0 Å². The molecule has 0 unspecified atom stereocenters. The van der Waals surface area contributed by atoms with Crippen LogP contribution >= 0.6 is 0 Å². The molecule has 134 valence electrons. The van der Waals surface area contributed by atoms with Crippen molar-refractivity contribution in [1.82, 2.24) is 9.97 Å². The summed E-state index contributed by atoms with van der Waals surface area (Å²) in [6.07, 6.45) is 0.746. The lowest BCUT2D eigenvalue weighted by Gasteiger charge is -2.10. The Hall–Kier alpha value is -3.79. The van der Waals surface area contributed by atoms with E-state index in [1.807, 2.05) is 0 Å². The third kappa shape index (κ3) is 3.65. The van der Waals surface area contributed by atoms with Gasteiger partial charge in [0.25, 0.3) is 5.16 Å². The van der Waals surface area contributed by atoms with Gasteiger partial charge in [0.1, 0.15) is 11.3 Å². The third-order valence-corrected chi connectivity index (χ3v) is 3.77. The van der Waals surface area contributed by atoms with Gasteiger partial charge >= 0.3 is 17.5 Å². The number of sulfone groups is 1. The molecule has 0 saturated heterocycles. The molecule has 0 aliphatic rings.